The van der Waals surface area contributed by atoms with Crippen molar-refractivity contribution >= 4 is 5.91 Å². The second-order valence-corrected chi connectivity index (χ2v) is 4.05. The van der Waals surface area contributed by atoms with Gasteiger partial charge in [0.25, 0.3) is 11.5 Å². The van der Waals surface area contributed by atoms with E-state index in [1.807, 2.05) is 13.0 Å². The third-order valence-corrected chi connectivity index (χ3v) is 2.60. The zero-order valence-corrected chi connectivity index (χ0v) is 10.5. The minimum absolute atomic E-state index is 0.191. The molecule has 0 saturated heterocycles. The van der Waals surface area contributed by atoms with Crippen molar-refractivity contribution in [3.8, 4) is 11.4 Å². The third kappa shape index (κ3) is 2.47. The van der Waals surface area contributed by atoms with Gasteiger partial charge in [-0.2, -0.15) is 9.78 Å². The maximum absolute atomic E-state index is 11.8. The highest BCUT2D eigenvalue weighted by atomic mass is 16.3. The molecule has 98 valence electrons. The van der Waals surface area contributed by atoms with Crippen LogP contribution >= 0.6 is 0 Å². The first-order chi connectivity index (χ1) is 9.02. The van der Waals surface area contributed by atoms with E-state index in [4.69, 9.17) is 0 Å². The molecule has 0 aliphatic rings. The number of hydrogen-bond acceptors (Lipinski definition) is 4. The first-order valence-corrected chi connectivity index (χ1v) is 5.65. The topological polar surface area (TPSA) is 84.2 Å². The van der Waals surface area contributed by atoms with Crippen LogP contribution in [0.5, 0.6) is 5.75 Å². The van der Waals surface area contributed by atoms with Gasteiger partial charge in [-0.05, 0) is 24.6 Å². The highest BCUT2D eigenvalue weighted by Crippen LogP contribution is 2.13. The van der Waals surface area contributed by atoms with Crippen molar-refractivity contribution in [3.05, 3.63) is 51.9 Å². The highest BCUT2D eigenvalue weighted by Gasteiger charge is 2.15. The Labute approximate surface area is 109 Å². The Bertz CT molecular complexity index is 692. The fraction of sp³-hybridized carbons (Fsp3) is 0.154. The van der Waals surface area contributed by atoms with Gasteiger partial charge >= 0.3 is 0 Å². The maximum Gasteiger partial charge on any atom is 0.275 e. The summed E-state index contributed by atoms with van der Waals surface area (Å²) in [4.78, 5) is 23.4. The van der Waals surface area contributed by atoms with Crippen LogP contribution in [0.25, 0.3) is 5.69 Å². The van der Waals surface area contributed by atoms with E-state index in [0.29, 0.717) is 5.69 Å². The number of nitrogens with zero attached hydrogens (tertiary/aromatic N) is 2. The molecule has 0 unspecified atom stereocenters. The number of aromatic hydroxyl groups is 1. The Morgan fingerprint density at radius 1 is 1.37 bits per heavy atom. The number of carbonyl (C=O) groups excluding carboxylic acids is 1. The monoisotopic (exact) mass is 259 g/mol. The van der Waals surface area contributed by atoms with E-state index in [9.17, 15) is 14.7 Å². The van der Waals surface area contributed by atoms with Crippen LogP contribution < -0.4 is 10.9 Å². The molecular formula is C13H13N3O3. The standard InChI is InChI=1S/C13H13N3O3/c1-8-4-3-5-9(6-8)16-11(18)7-10(17)12(15-16)13(19)14-2/h3-7,17H,1-2H3,(H,14,19). The summed E-state index contributed by atoms with van der Waals surface area (Å²) in [6.45, 7) is 1.88. The van der Waals surface area contributed by atoms with Crippen LogP contribution in [0.15, 0.2) is 35.1 Å². The molecule has 0 saturated carbocycles. The molecule has 6 heteroatoms. The van der Waals surface area contributed by atoms with Gasteiger partial charge in [-0.15, -0.1) is 0 Å². The Hall–Kier alpha value is -2.63. The molecule has 0 atom stereocenters. The van der Waals surface area contributed by atoms with Gasteiger partial charge in [0.2, 0.25) is 0 Å². The van der Waals surface area contributed by atoms with Gasteiger partial charge < -0.3 is 10.4 Å². The van der Waals surface area contributed by atoms with Gasteiger partial charge in [-0.3, -0.25) is 9.59 Å². The van der Waals surface area contributed by atoms with Crippen molar-refractivity contribution in [1.82, 2.24) is 15.1 Å². The first-order valence-electron chi connectivity index (χ1n) is 5.65. The van der Waals surface area contributed by atoms with Crippen LogP contribution in [0.1, 0.15) is 16.1 Å². The largest absolute Gasteiger partial charge is 0.505 e. The molecule has 1 amide bonds. The minimum Gasteiger partial charge on any atom is -0.505 e. The van der Waals surface area contributed by atoms with Crippen molar-refractivity contribution in [1.29, 1.82) is 0 Å². The second-order valence-electron chi connectivity index (χ2n) is 4.05. The van der Waals surface area contributed by atoms with E-state index in [1.54, 1.807) is 18.2 Å². The summed E-state index contributed by atoms with van der Waals surface area (Å²) in [7, 11) is 1.42. The number of amides is 1. The number of nitrogens with one attached hydrogen (secondary N) is 1. The van der Waals surface area contributed by atoms with E-state index in [1.165, 1.54) is 7.05 Å². The lowest BCUT2D eigenvalue weighted by Gasteiger charge is -2.08. The van der Waals surface area contributed by atoms with Gasteiger partial charge in [0.1, 0.15) is 0 Å². The van der Waals surface area contributed by atoms with E-state index in [0.717, 1.165) is 16.3 Å². The molecule has 2 rings (SSSR count). The van der Waals surface area contributed by atoms with E-state index < -0.39 is 17.2 Å². The van der Waals surface area contributed by atoms with Gasteiger partial charge in [-0.1, -0.05) is 12.1 Å². The van der Waals surface area contributed by atoms with E-state index in [2.05, 4.69) is 10.4 Å². The van der Waals surface area contributed by atoms with Gasteiger partial charge in [-0.25, -0.2) is 0 Å². The number of aryl methyl sites for hydroxylation is 1. The molecule has 1 aromatic carbocycles. The van der Waals surface area contributed by atoms with Crippen molar-refractivity contribution < 1.29 is 9.90 Å². The smallest absolute Gasteiger partial charge is 0.275 e. The molecule has 2 N–H and O–H groups in total. The van der Waals surface area contributed by atoms with Crippen LogP contribution in [0.3, 0.4) is 0 Å². The zero-order valence-electron chi connectivity index (χ0n) is 10.5. The van der Waals surface area contributed by atoms with Gasteiger partial charge in [0.05, 0.1) is 5.69 Å². The SMILES string of the molecule is CNC(=O)c1nn(-c2cccc(C)c2)c(=O)cc1O. The molecule has 6 nitrogen and oxygen atoms in total. The molecule has 2 aromatic rings. The summed E-state index contributed by atoms with van der Waals surface area (Å²) >= 11 is 0. The fourth-order valence-electron chi connectivity index (χ4n) is 1.67. The highest BCUT2D eigenvalue weighted by molar-refractivity contribution is 5.94. The first kappa shape index (κ1) is 12.8. The Kier molecular flexibility index (Phi) is 3.33. The molecule has 1 aromatic heterocycles. The molecule has 19 heavy (non-hydrogen) atoms. The number of hydrogen-bond donors (Lipinski definition) is 2. The fourth-order valence-corrected chi connectivity index (χ4v) is 1.67. The molecule has 0 bridgehead atoms. The second kappa shape index (κ2) is 4.93. The summed E-state index contributed by atoms with van der Waals surface area (Å²) in [5.74, 6) is -0.993. The van der Waals surface area contributed by atoms with Crippen molar-refractivity contribution in [2.75, 3.05) is 7.05 Å². The van der Waals surface area contributed by atoms with Crippen LogP contribution in [-0.4, -0.2) is 27.8 Å². The van der Waals surface area contributed by atoms with Crippen molar-refractivity contribution in [2.45, 2.75) is 6.92 Å². The Morgan fingerprint density at radius 3 is 2.74 bits per heavy atom. The summed E-state index contributed by atoms with van der Waals surface area (Å²) in [5.41, 5.74) is 0.801. The molecule has 0 fully saturated rings. The number of rotatable bonds is 2. The quantitative estimate of drug-likeness (QED) is 0.827. The van der Waals surface area contributed by atoms with Crippen molar-refractivity contribution in [2.24, 2.45) is 0 Å². The molecule has 0 spiro atoms. The van der Waals surface area contributed by atoms with Crippen LogP contribution in [0, 0.1) is 6.92 Å². The predicted molar refractivity (Wildman–Crippen MR) is 69.6 cm³/mol. The molecule has 0 aliphatic heterocycles. The summed E-state index contributed by atoms with van der Waals surface area (Å²) < 4.78 is 1.08. The van der Waals surface area contributed by atoms with E-state index in [-0.39, 0.29) is 5.69 Å². The Balaban J connectivity index is 2.64. The van der Waals surface area contributed by atoms with Crippen molar-refractivity contribution in [3.63, 3.8) is 0 Å². The lowest BCUT2D eigenvalue weighted by molar-refractivity contribution is 0.0953. The minimum atomic E-state index is -0.557. The summed E-state index contributed by atoms with van der Waals surface area (Å²) in [6.07, 6.45) is 0. The molecule has 0 radical (unpaired) electrons. The third-order valence-electron chi connectivity index (χ3n) is 2.60. The zero-order chi connectivity index (χ0) is 14.0. The molecule has 1 heterocycles. The number of aromatic nitrogens is 2. The van der Waals surface area contributed by atoms with E-state index >= 15 is 0 Å². The summed E-state index contributed by atoms with van der Waals surface area (Å²) in [5, 5.41) is 15.8. The Morgan fingerprint density at radius 2 is 2.11 bits per heavy atom. The lowest BCUT2D eigenvalue weighted by Crippen LogP contribution is -2.27. The van der Waals surface area contributed by atoms with Gasteiger partial charge in [0, 0.05) is 13.1 Å². The van der Waals surface area contributed by atoms with Gasteiger partial charge in [0.15, 0.2) is 11.4 Å². The van der Waals surface area contributed by atoms with Crippen LogP contribution in [0.2, 0.25) is 0 Å². The van der Waals surface area contributed by atoms with Crippen LogP contribution in [0.4, 0.5) is 0 Å². The molecular weight excluding hydrogens is 246 g/mol. The average molecular weight is 259 g/mol. The average Bonchev–Trinajstić information content (AvgIpc) is 2.38. The normalized spacial score (nSPS) is 10.2. The number of carbonyl (C=O) groups is 1. The summed E-state index contributed by atoms with van der Waals surface area (Å²) in [6, 6.07) is 8.10. The predicted octanol–water partition coefficient (Wildman–Crippen LogP) is 0.606. The molecule has 0 aliphatic carbocycles. The maximum atomic E-state index is 11.8. The lowest BCUT2D eigenvalue weighted by atomic mass is 10.2. The number of benzene rings is 1. The van der Waals surface area contributed by atoms with Crippen LogP contribution in [-0.2, 0) is 0 Å².